The average Bonchev–Trinajstić information content (AvgIpc) is 2.99. The molecule has 8 nitrogen and oxygen atoms in total. The molecule has 0 fully saturated rings. The van der Waals surface area contributed by atoms with Gasteiger partial charge in [0, 0.05) is 28.6 Å². The number of anilines is 1. The number of alkyl halides is 2. The highest BCUT2D eigenvalue weighted by atomic mass is 35.5. The molecule has 3 aromatic rings. The first-order valence-electron chi connectivity index (χ1n) is 7.14. The van der Waals surface area contributed by atoms with Gasteiger partial charge in [0.15, 0.2) is 5.03 Å². The van der Waals surface area contributed by atoms with Gasteiger partial charge in [-0.3, -0.25) is 5.10 Å². The van der Waals surface area contributed by atoms with Crippen LogP contribution in [0, 0.1) is 0 Å². The fraction of sp³-hybridized carbons (Fsp3) is 0.214. The Kier molecular flexibility index (Phi) is 4.92. The number of nitrogens with zero attached hydrogens (tertiary/aromatic N) is 3. The Morgan fingerprint density at radius 2 is 2.15 bits per heavy atom. The normalized spacial score (nSPS) is 11.9. The van der Waals surface area contributed by atoms with E-state index in [4.69, 9.17) is 16.3 Å². The number of hydrogen-bond acceptors (Lipinski definition) is 6. The maximum absolute atomic E-state index is 12.6. The first-order chi connectivity index (χ1) is 12.3. The van der Waals surface area contributed by atoms with E-state index in [2.05, 4.69) is 24.9 Å². The Morgan fingerprint density at radius 3 is 2.85 bits per heavy atom. The van der Waals surface area contributed by atoms with Crippen LogP contribution in [0.15, 0.2) is 29.4 Å². The molecule has 138 valence electrons. The molecule has 0 unspecified atom stereocenters. The molecule has 2 aromatic heterocycles. The first kappa shape index (κ1) is 18.3. The molecule has 0 amide bonds. The van der Waals surface area contributed by atoms with E-state index in [-0.39, 0.29) is 22.4 Å². The Morgan fingerprint density at radius 1 is 1.38 bits per heavy atom. The molecule has 3 rings (SSSR count). The van der Waals surface area contributed by atoms with Gasteiger partial charge in [0.05, 0.1) is 12.6 Å². The lowest BCUT2D eigenvalue weighted by atomic mass is 10.2. The van der Waals surface area contributed by atoms with Gasteiger partial charge in [-0.25, -0.2) is 18.5 Å². The lowest BCUT2D eigenvalue weighted by Crippen LogP contribution is -2.16. The van der Waals surface area contributed by atoms with Crippen molar-refractivity contribution in [3.05, 3.63) is 35.0 Å². The zero-order chi connectivity index (χ0) is 18.9. The van der Waals surface area contributed by atoms with Crippen LogP contribution in [-0.4, -0.2) is 42.1 Å². The SMILES string of the molecule is COc1nc(NS(=O)(=O)c2[nH]nc3cc(Cl)ccc23)ncc1CC(F)F. The molecule has 2 heterocycles. The van der Waals surface area contributed by atoms with E-state index in [0.29, 0.717) is 15.9 Å². The maximum atomic E-state index is 12.6. The number of hydrogen-bond donors (Lipinski definition) is 2. The number of aromatic nitrogens is 4. The molecule has 0 saturated carbocycles. The molecule has 0 aliphatic heterocycles. The molecule has 0 bridgehead atoms. The van der Waals surface area contributed by atoms with Crippen LogP contribution < -0.4 is 9.46 Å². The summed E-state index contributed by atoms with van der Waals surface area (Å²) in [6, 6.07) is 4.53. The molecule has 0 aliphatic rings. The van der Waals surface area contributed by atoms with E-state index in [1.807, 2.05) is 0 Å². The molecular weight excluding hydrogens is 392 g/mol. The molecule has 0 aliphatic carbocycles. The highest BCUT2D eigenvalue weighted by molar-refractivity contribution is 7.92. The van der Waals surface area contributed by atoms with Crippen LogP contribution in [0.1, 0.15) is 5.56 Å². The second-order valence-electron chi connectivity index (χ2n) is 5.14. The molecule has 0 saturated heterocycles. The van der Waals surface area contributed by atoms with Crippen molar-refractivity contribution >= 4 is 38.5 Å². The monoisotopic (exact) mass is 403 g/mol. The lowest BCUT2D eigenvalue weighted by Gasteiger charge is -2.10. The number of nitrogens with one attached hydrogen (secondary N) is 2. The van der Waals surface area contributed by atoms with E-state index < -0.39 is 22.9 Å². The van der Waals surface area contributed by atoms with E-state index in [9.17, 15) is 17.2 Å². The number of H-pyrrole nitrogens is 1. The van der Waals surface area contributed by atoms with Gasteiger partial charge in [-0.15, -0.1) is 0 Å². The predicted octanol–water partition coefficient (Wildman–Crippen LogP) is 2.62. The van der Waals surface area contributed by atoms with Crippen molar-refractivity contribution in [3.8, 4) is 5.88 Å². The van der Waals surface area contributed by atoms with Gasteiger partial charge in [-0.05, 0) is 18.2 Å². The van der Waals surface area contributed by atoms with Gasteiger partial charge in [0.1, 0.15) is 0 Å². The van der Waals surface area contributed by atoms with E-state index in [0.717, 1.165) is 6.20 Å². The summed E-state index contributed by atoms with van der Waals surface area (Å²) in [4.78, 5) is 7.58. The summed E-state index contributed by atoms with van der Waals surface area (Å²) in [7, 11) is -2.87. The van der Waals surface area contributed by atoms with Crippen LogP contribution in [0.4, 0.5) is 14.7 Å². The molecule has 12 heteroatoms. The smallest absolute Gasteiger partial charge is 0.281 e. The second kappa shape index (κ2) is 7.00. The van der Waals surface area contributed by atoms with E-state index in [1.54, 1.807) is 0 Å². The Balaban J connectivity index is 1.94. The Hall–Kier alpha value is -2.53. The highest BCUT2D eigenvalue weighted by Crippen LogP contribution is 2.25. The zero-order valence-corrected chi connectivity index (χ0v) is 14.8. The van der Waals surface area contributed by atoms with E-state index in [1.165, 1.54) is 25.3 Å². The fourth-order valence-corrected chi connectivity index (χ4v) is 3.49. The summed E-state index contributed by atoms with van der Waals surface area (Å²) in [5.41, 5.74) is 0.427. The summed E-state index contributed by atoms with van der Waals surface area (Å²) < 4.78 is 57.3. The van der Waals surface area contributed by atoms with Gasteiger partial charge < -0.3 is 4.74 Å². The van der Waals surface area contributed by atoms with Crippen molar-refractivity contribution in [2.24, 2.45) is 0 Å². The van der Waals surface area contributed by atoms with Crippen molar-refractivity contribution in [3.63, 3.8) is 0 Å². The van der Waals surface area contributed by atoms with Crippen molar-refractivity contribution < 1.29 is 21.9 Å². The van der Waals surface area contributed by atoms with Crippen LogP contribution in [0.2, 0.25) is 5.02 Å². The third-order valence-electron chi connectivity index (χ3n) is 3.37. The van der Waals surface area contributed by atoms with Crippen LogP contribution in [-0.2, 0) is 16.4 Å². The Bertz CT molecular complexity index is 1060. The first-order valence-corrected chi connectivity index (χ1v) is 9.01. The lowest BCUT2D eigenvalue weighted by molar-refractivity contribution is 0.147. The number of methoxy groups -OCH3 is 1. The minimum Gasteiger partial charge on any atom is -0.481 e. The molecule has 0 spiro atoms. The average molecular weight is 404 g/mol. The van der Waals surface area contributed by atoms with Crippen molar-refractivity contribution in [2.75, 3.05) is 11.8 Å². The molecule has 26 heavy (non-hydrogen) atoms. The van der Waals surface area contributed by atoms with Crippen LogP contribution in [0.5, 0.6) is 5.88 Å². The quantitative estimate of drug-likeness (QED) is 0.654. The number of fused-ring (bicyclic) bond motifs is 1. The second-order valence-corrected chi connectivity index (χ2v) is 7.20. The number of rotatable bonds is 6. The van der Waals surface area contributed by atoms with Crippen molar-refractivity contribution in [1.29, 1.82) is 0 Å². The number of halogens is 3. The van der Waals surface area contributed by atoms with Gasteiger partial charge in [-0.1, -0.05) is 11.6 Å². The van der Waals surface area contributed by atoms with Crippen LogP contribution in [0.3, 0.4) is 0 Å². The van der Waals surface area contributed by atoms with Gasteiger partial charge in [-0.2, -0.15) is 18.5 Å². The number of sulfonamides is 1. The summed E-state index contributed by atoms with van der Waals surface area (Å²) in [6.07, 6.45) is -2.14. The number of aromatic amines is 1. The third kappa shape index (κ3) is 3.68. The van der Waals surface area contributed by atoms with Crippen molar-refractivity contribution in [1.82, 2.24) is 20.2 Å². The topological polar surface area (TPSA) is 110 Å². The zero-order valence-electron chi connectivity index (χ0n) is 13.2. The largest absolute Gasteiger partial charge is 0.481 e. The minimum atomic E-state index is -4.11. The summed E-state index contributed by atoms with van der Waals surface area (Å²) >= 11 is 5.85. The summed E-state index contributed by atoms with van der Waals surface area (Å²) in [6.45, 7) is 0. The van der Waals surface area contributed by atoms with Gasteiger partial charge in [0.25, 0.3) is 10.0 Å². The number of benzene rings is 1. The van der Waals surface area contributed by atoms with Crippen molar-refractivity contribution in [2.45, 2.75) is 17.9 Å². The molecule has 0 radical (unpaired) electrons. The van der Waals surface area contributed by atoms with Gasteiger partial charge in [0.2, 0.25) is 18.3 Å². The molecule has 0 atom stereocenters. The third-order valence-corrected chi connectivity index (χ3v) is 4.90. The molecule has 1 aromatic carbocycles. The Labute approximate surface area is 151 Å². The predicted molar refractivity (Wildman–Crippen MR) is 90.2 cm³/mol. The summed E-state index contributed by atoms with van der Waals surface area (Å²) in [5, 5.41) is 6.84. The summed E-state index contributed by atoms with van der Waals surface area (Å²) in [5.74, 6) is -0.462. The molecular formula is C14H12ClF2N5O3S. The molecule has 2 N–H and O–H groups in total. The fourth-order valence-electron chi connectivity index (χ4n) is 2.26. The minimum absolute atomic E-state index is 0.0621. The van der Waals surface area contributed by atoms with Crippen LogP contribution in [0.25, 0.3) is 10.9 Å². The highest BCUT2D eigenvalue weighted by Gasteiger charge is 2.23. The van der Waals surface area contributed by atoms with Gasteiger partial charge >= 0.3 is 0 Å². The van der Waals surface area contributed by atoms with E-state index >= 15 is 0 Å². The standard InChI is InChI=1S/C14H12ClF2N5O3S/c1-25-12-7(4-11(16)17)6-18-14(19-12)22-26(23,24)13-9-3-2-8(15)5-10(9)20-21-13/h2-3,5-6,11H,4H2,1H3,(H,20,21)(H,18,19,22). The maximum Gasteiger partial charge on any atom is 0.281 e. The van der Waals surface area contributed by atoms with Crippen LogP contribution >= 0.6 is 11.6 Å². The number of ether oxygens (including phenoxy) is 1.